The molecule has 102 valence electrons. The third kappa shape index (κ3) is 2.42. The monoisotopic (exact) mass is 396 g/mol. The van der Waals surface area contributed by atoms with Crippen molar-refractivity contribution in [3.63, 3.8) is 0 Å². The van der Waals surface area contributed by atoms with Crippen LogP contribution in [0, 0.1) is 3.57 Å². The van der Waals surface area contributed by atoms with Gasteiger partial charge in [0, 0.05) is 20.3 Å². The van der Waals surface area contributed by atoms with Crippen molar-refractivity contribution in [1.29, 1.82) is 0 Å². The van der Waals surface area contributed by atoms with Crippen LogP contribution in [0.4, 0.5) is 0 Å². The molecule has 20 heavy (non-hydrogen) atoms. The SMILES string of the molecule is CCS(=O)c1c(-c2ccc(I)cc2)oc2ccccc12. The minimum Gasteiger partial charge on any atom is -0.455 e. The number of hydrogen-bond donors (Lipinski definition) is 0. The third-order valence-corrected chi connectivity index (χ3v) is 5.25. The molecule has 3 aromatic rings. The summed E-state index contributed by atoms with van der Waals surface area (Å²) < 4.78 is 19.5. The van der Waals surface area contributed by atoms with Gasteiger partial charge in [-0.3, -0.25) is 4.21 Å². The Morgan fingerprint density at radius 2 is 1.80 bits per heavy atom. The Morgan fingerprint density at radius 1 is 1.10 bits per heavy atom. The number of hydrogen-bond acceptors (Lipinski definition) is 2. The van der Waals surface area contributed by atoms with Crippen molar-refractivity contribution in [3.05, 3.63) is 52.1 Å². The largest absolute Gasteiger partial charge is 0.455 e. The van der Waals surface area contributed by atoms with E-state index in [9.17, 15) is 4.21 Å². The Labute approximate surface area is 133 Å². The van der Waals surface area contributed by atoms with Crippen molar-refractivity contribution in [2.24, 2.45) is 0 Å². The molecule has 0 fully saturated rings. The molecular weight excluding hydrogens is 383 g/mol. The highest BCUT2D eigenvalue weighted by Crippen LogP contribution is 2.36. The Morgan fingerprint density at radius 3 is 2.50 bits per heavy atom. The summed E-state index contributed by atoms with van der Waals surface area (Å²) in [7, 11) is -1.05. The van der Waals surface area contributed by atoms with Crippen molar-refractivity contribution < 1.29 is 8.63 Å². The van der Waals surface area contributed by atoms with Crippen LogP contribution in [-0.4, -0.2) is 9.96 Å². The molecule has 1 aromatic heterocycles. The van der Waals surface area contributed by atoms with Crippen LogP contribution in [0.3, 0.4) is 0 Å². The van der Waals surface area contributed by atoms with Crippen LogP contribution in [0.25, 0.3) is 22.3 Å². The van der Waals surface area contributed by atoms with Crippen molar-refractivity contribution >= 4 is 44.4 Å². The van der Waals surface area contributed by atoms with E-state index >= 15 is 0 Å². The number of furan rings is 1. The topological polar surface area (TPSA) is 30.2 Å². The lowest BCUT2D eigenvalue weighted by Gasteiger charge is -2.02. The van der Waals surface area contributed by atoms with Crippen LogP contribution in [0.15, 0.2) is 57.8 Å². The van der Waals surface area contributed by atoms with E-state index in [1.807, 2.05) is 55.5 Å². The molecular formula is C16H13IO2S. The third-order valence-electron chi connectivity index (χ3n) is 3.15. The van der Waals surface area contributed by atoms with Gasteiger partial charge in [0.2, 0.25) is 0 Å². The molecule has 1 atom stereocenters. The fraction of sp³-hybridized carbons (Fsp3) is 0.125. The number of para-hydroxylation sites is 1. The maximum absolute atomic E-state index is 12.4. The zero-order chi connectivity index (χ0) is 14.1. The standard InChI is InChI=1S/C16H13IO2S/c1-2-20(18)16-13-5-3-4-6-14(13)19-15(16)11-7-9-12(17)10-8-11/h3-10H,2H2,1H3. The maximum atomic E-state index is 12.4. The highest BCUT2D eigenvalue weighted by Gasteiger charge is 2.19. The van der Waals surface area contributed by atoms with Crippen LogP contribution in [-0.2, 0) is 10.8 Å². The van der Waals surface area contributed by atoms with Crippen LogP contribution in [0.1, 0.15) is 6.92 Å². The molecule has 0 amide bonds. The van der Waals surface area contributed by atoms with Gasteiger partial charge in [-0.25, -0.2) is 0 Å². The first kappa shape index (κ1) is 13.8. The zero-order valence-corrected chi connectivity index (χ0v) is 13.9. The number of rotatable bonds is 3. The number of halogens is 1. The second kappa shape index (κ2) is 5.69. The van der Waals surface area contributed by atoms with Gasteiger partial charge in [0.25, 0.3) is 0 Å². The van der Waals surface area contributed by atoms with Gasteiger partial charge >= 0.3 is 0 Å². The van der Waals surface area contributed by atoms with E-state index in [4.69, 9.17) is 4.42 Å². The van der Waals surface area contributed by atoms with Crippen LogP contribution in [0.5, 0.6) is 0 Å². The lowest BCUT2D eigenvalue weighted by Crippen LogP contribution is -1.95. The minimum atomic E-state index is -1.05. The van der Waals surface area contributed by atoms with Gasteiger partial charge in [-0.1, -0.05) is 31.2 Å². The molecule has 3 rings (SSSR count). The molecule has 0 aliphatic heterocycles. The Hall–Kier alpha value is -1.14. The number of fused-ring (bicyclic) bond motifs is 1. The van der Waals surface area contributed by atoms with Gasteiger partial charge < -0.3 is 4.42 Å². The predicted octanol–water partition coefficient (Wildman–Crippen LogP) is 4.83. The van der Waals surface area contributed by atoms with Crippen LogP contribution < -0.4 is 0 Å². The fourth-order valence-electron chi connectivity index (χ4n) is 2.18. The first-order chi connectivity index (χ1) is 9.70. The van der Waals surface area contributed by atoms with E-state index < -0.39 is 10.8 Å². The van der Waals surface area contributed by atoms with E-state index in [2.05, 4.69) is 22.6 Å². The molecule has 0 saturated heterocycles. The first-order valence-corrected chi connectivity index (χ1v) is 8.76. The summed E-state index contributed by atoms with van der Waals surface area (Å²) in [6.07, 6.45) is 0. The van der Waals surface area contributed by atoms with E-state index in [1.165, 1.54) is 3.57 Å². The molecule has 0 radical (unpaired) electrons. The predicted molar refractivity (Wildman–Crippen MR) is 91.3 cm³/mol. The summed E-state index contributed by atoms with van der Waals surface area (Å²) in [4.78, 5) is 0.810. The Balaban J connectivity index is 2.29. The number of benzene rings is 2. The van der Waals surface area contributed by atoms with E-state index in [-0.39, 0.29) is 0 Å². The average molecular weight is 396 g/mol. The van der Waals surface area contributed by atoms with Gasteiger partial charge in [0.1, 0.15) is 5.58 Å². The van der Waals surface area contributed by atoms with Crippen molar-refractivity contribution in [2.75, 3.05) is 5.75 Å². The molecule has 2 nitrogen and oxygen atoms in total. The molecule has 0 bridgehead atoms. The highest BCUT2D eigenvalue weighted by molar-refractivity contribution is 14.1. The normalized spacial score (nSPS) is 12.7. The van der Waals surface area contributed by atoms with Gasteiger partial charge in [-0.15, -0.1) is 0 Å². The summed E-state index contributed by atoms with van der Waals surface area (Å²) in [6.45, 7) is 1.93. The molecule has 0 N–H and O–H groups in total. The van der Waals surface area contributed by atoms with Crippen LogP contribution >= 0.6 is 22.6 Å². The molecule has 4 heteroatoms. The fourth-order valence-corrected chi connectivity index (χ4v) is 3.61. The summed E-state index contributed by atoms with van der Waals surface area (Å²) in [6, 6.07) is 15.9. The highest BCUT2D eigenvalue weighted by atomic mass is 127. The second-order valence-corrected chi connectivity index (χ2v) is 7.32. The van der Waals surface area contributed by atoms with Gasteiger partial charge in [0.05, 0.1) is 15.7 Å². The van der Waals surface area contributed by atoms with Crippen molar-refractivity contribution in [2.45, 2.75) is 11.8 Å². The molecule has 0 saturated carbocycles. The lowest BCUT2D eigenvalue weighted by atomic mass is 10.1. The van der Waals surface area contributed by atoms with E-state index in [0.717, 1.165) is 27.2 Å². The summed E-state index contributed by atoms with van der Waals surface area (Å²) in [5, 5.41) is 0.946. The van der Waals surface area contributed by atoms with Crippen molar-refractivity contribution in [3.8, 4) is 11.3 Å². The van der Waals surface area contributed by atoms with E-state index in [0.29, 0.717) is 5.75 Å². The van der Waals surface area contributed by atoms with Gasteiger partial charge in [0.15, 0.2) is 5.76 Å². The Kier molecular flexibility index (Phi) is 3.94. The van der Waals surface area contributed by atoms with E-state index in [1.54, 1.807) is 0 Å². The summed E-state index contributed by atoms with van der Waals surface area (Å²) >= 11 is 2.27. The lowest BCUT2D eigenvalue weighted by molar-refractivity contribution is 0.622. The molecule has 0 aliphatic carbocycles. The van der Waals surface area contributed by atoms with Crippen LogP contribution in [0.2, 0.25) is 0 Å². The summed E-state index contributed by atoms with van der Waals surface area (Å²) in [5.41, 5.74) is 1.76. The maximum Gasteiger partial charge on any atom is 0.151 e. The molecule has 2 aromatic carbocycles. The molecule has 0 aliphatic rings. The second-order valence-electron chi connectivity index (χ2n) is 4.40. The first-order valence-electron chi connectivity index (χ1n) is 6.36. The molecule has 0 spiro atoms. The zero-order valence-electron chi connectivity index (χ0n) is 10.9. The molecule has 1 heterocycles. The minimum absolute atomic E-state index is 0.584. The smallest absolute Gasteiger partial charge is 0.151 e. The van der Waals surface area contributed by atoms with Gasteiger partial charge in [-0.05, 0) is 46.9 Å². The van der Waals surface area contributed by atoms with Gasteiger partial charge in [-0.2, -0.15) is 0 Å². The molecule has 1 unspecified atom stereocenters. The Bertz CT molecular complexity index is 775. The van der Waals surface area contributed by atoms with Crippen molar-refractivity contribution in [1.82, 2.24) is 0 Å². The average Bonchev–Trinajstić information content (AvgIpc) is 2.86. The quantitative estimate of drug-likeness (QED) is 0.594. The summed E-state index contributed by atoms with van der Waals surface area (Å²) in [5.74, 6) is 1.31.